The Kier molecular flexibility index (Phi) is 3.73. The highest BCUT2D eigenvalue weighted by Gasteiger charge is 2.19. The lowest BCUT2D eigenvalue weighted by Crippen LogP contribution is -2.09. The van der Waals surface area contributed by atoms with Gasteiger partial charge in [0.25, 0.3) is 0 Å². The summed E-state index contributed by atoms with van der Waals surface area (Å²) in [5, 5.41) is 15.2. The van der Waals surface area contributed by atoms with Crippen molar-refractivity contribution in [3.63, 3.8) is 0 Å². The van der Waals surface area contributed by atoms with Gasteiger partial charge in [-0.05, 0) is 6.42 Å². The fourth-order valence-corrected chi connectivity index (χ4v) is 2.39. The molecule has 0 spiro atoms. The highest BCUT2D eigenvalue weighted by atomic mass is 35.5. The fourth-order valence-electron chi connectivity index (χ4n) is 2.02. The number of nitrogens with zero attached hydrogens (tertiary/aromatic N) is 4. The lowest BCUT2D eigenvalue weighted by atomic mass is 10.1. The third kappa shape index (κ3) is 2.28. The number of aromatic nitrogens is 4. The van der Waals surface area contributed by atoms with Crippen LogP contribution in [0.4, 0.5) is 0 Å². The molecular formula is C12H17ClN4O. The van der Waals surface area contributed by atoms with Crippen molar-refractivity contribution in [2.75, 3.05) is 0 Å². The summed E-state index contributed by atoms with van der Waals surface area (Å²) in [4.78, 5) is 4.00. The molecule has 1 atom stereocenters. The Labute approximate surface area is 111 Å². The van der Waals surface area contributed by atoms with Gasteiger partial charge in [-0.3, -0.25) is 4.68 Å². The molecule has 2 heterocycles. The molecule has 0 aliphatic carbocycles. The first-order chi connectivity index (χ1) is 8.54. The molecule has 5 nitrogen and oxygen atoms in total. The molecule has 0 amide bonds. The van der Waals surface area contributed by atoms with Crippen LogP contribution in [0.5, 0.6) is 0 Å². The van der Waals surface area contributed by atoms with Gasteiger partial charge in [0.05, 0.1) is 34.6 Å². The molecule has 2 aromatic rings. The van der Waals surface area contributed by atoms with Crippen LogP contribution in [-0.2, 0) is 26.9 Å². The summed E-state index contributed by atoms with van der Waals surface area (Å²) in [7, 11) is 3.70. The van der Waals surface area contributed by atoms with Crippen LogP contribution < -0.4 is 0 Å². The molecule has 0 bridgehead atoms. The Balaban J connectivity index is 2.24. The molecule has 0 aliphatic rings. The molecule has 0 radical (unpaired) electrons. The van der Waals surface area contributed by atoms with Crippen LogP contribution in [0.2, 0.25) is 5.02 Å². The number of hydrogen-bond donors (Lipinski definition) is 1. The zero-order valence-electron chi connectivity index (χ0n) is 10.8. The molecule has 2 rings (SSSR count). The summed E-state index contributed by atoms with van der Waals surface area (Å²) in [6.45, 7) is 2.01. The van der Waals surface area contributed by atoms with Gasteiger partial charge in [0.2, 0.25) is 0 Å². The van der Waals surface area contributed by atoms with E-state index in [2.05, 4.69) is 10.1 Å². The Morgan fingerprint density at radius 1 is 1.44 bits per heavy atom. The molecule has 18 heavy (non-hydrogen) atoms. The van der Waals surface area contributed by atoms with Crippen molar-refractivity contribution in [1.82, 2.24) is 19.3 Å². The molecule has 2 aromatic heterocycles. The predicted molar refractivity (Wildman–Crippen MR) is 69.5 cm³/mol. The monoisotopic (exact) mass is 268 g/mol. The summed E-state index contributed by atoms with van der Waals surface area (Å²) >= 11 is 6.26. The maximum absolute atomic E-state index is 10.2. The molecule has 0 fully saturated rings. The van der Waals surface area contributed by atoms with E-state index in [1.54, 1.807) is 21.8 Å². The van der Waals surface area contributed by atoms with Crippen LogP contribution in [0, 0.1) is 0 Å². The number of aliphatic hydroxyl groups is 1. The second-order valence-electron chi connectivity index (χ2n) is 4.33. The highest BCUT2D eigenvalue weighted by Crippen LogP contribution is 2.25. The molecule has 1 unspecified atom stereocenters. The standard InChI is InChI=1S/C12H17ClN4O/c1-4-8-12(13)9(17(3)15-8)5-11(18)10-6-14-7-16(10)2/h6-7,11,18H,4-5H2,1-3H3. The van der Waals surface area contributed by atoms with Crippen molar-refractivity contribution in [1.29, 1.82) is 0 Å². The molecule has 98 valence electrons. The predicted octanol–water partition coefficient (Wildman–Crippen LogP) is 1.65. The average molecular weight is 269 g/mol. The van der Waals surface area contributed by atoms with Crippen LogP contribution in [0.3, 0.4) is 0 Å². The first-order valence-electron chi connectivity index (χ1n) is 5.89. The molecule has 1 N–H and O–H groups in total. The number of aliphatic hydroxyl groups excluding tert-OH is 1. The van der Waals surface area contributed by atoms with Crippen molar-refractivity contribution in [3.05, 3.63) is 34.6 Å². The SMILES string of the molecule is CCc1nn(C)c(CC(O)c2cncn2C)c1Cl. The summed E-state index contributed by atoms with van der Waals surface area (Å²) in [5.74, 6) is 0. The third-order valence-electron chi connectivity index (χ3n) is 3.09. The van der Waals surface area contributed by atoms with E-state index in [0.29, 0.717) is 11.4 Å². The number of hydrogen-bond acceptors (Lipinski definition) is 3. The zero-order chi connectivity index (χ0) is 13.3. The van der Waals surface area contributed by atoms with Gasteiger partial charge >= 0.3 is 0 Å². The lowest BCUT2D eigenvalue weighted by molar-refractivity contribution is 0.167. The van der Waals surface area contributed by atoms with E-state index in [0.717, 1.165) is 23.5 Å². The van der Waals surface area contributed by atoms with Gasteiger partial charge in [-0.2, -0.15) is 5.10 Å². The van der Waals surface area contributed by atoms with Gasteiger partial charge < -0.3 is 9.67 Å². The minimum absolute atomic E-state index is 0.432. The summed E-state index contributed by atoms with van der Waals surface area (Å²) in [6, 6.07) is 0. The van der Waals surface area contributed by atoms with Gasteiger partial charge in [0.15, 0.2) is 0 Å². The van der Waals surface area contributed by atoms with E-state index in [1.807, 2.05) is 21.0 Å². The van der Waals surface area contributed by atoms with Gasteiger partial charge in [-0.15, -0.1) is 0 Å². The number of imidazole rings is 1. The molecule has 6 heteroatoms. The molecular weight excluding hydrogens is 252 g/mol. The van der Waals surface area contributed by atoms with Crippen molar-refractivity contribution < 1.29 is 5.11 Å². The number of halogens is 1. The topological polar surface area (TPSA) is 55.9 Å². The van der Waals surface area contributed by atoms with Gasteiger partial charge in [0, 0.05) is 20.5 Å². The van der Waals surface area contributed by atoms with E-state index in [4.69, 9.17) is 11.6 Å². The first-order valence-corrected chi connectivity index (χ1v) is 6.26. The van der Waals surface area contributed by atoms with Gasteiger partial charge in [-0.25, -0.2) is 4.98 Å². The normalized spacial score (nSPS) is 12.9. The third-order valence-corrected chi connectivity index (χ3v) is 3.52. The van der Waals surface area contributed by atoms with E-state index >= 15 is 0 Å². The van der Waals surface area contributed by atoms with Crippen LogP contribution >= 0.6 is 11.6 Å². The Hall–Kier alpha value is -1.33. The minimum Gasteiger partial charge on any atom is -0.386 e. The molecule has 0 saturated heterocycles. The maximum Gasteiger partial charge on any atom is 0.101 e. The van der Waals surface area contributed by atoms with Crippen molar-refractivity contribution in [3.8, 4) is 0 Å². The quantitative estimate of drug-likeness (QED) is 0.917. The Morgan fingerprint density at radius 2 is 2.17 bits per heavy atom. The molecule has 0 aliphatic heterocycles. The van der Waals surface area contributed by atoms with E-state index in [1.165, 1.54) is 0 Å². The van der Waals surface area contributed by atoms with E-state index < -0.39 is 6.10 Å². The number of rotatable bonds is 4. The van der Waals surface area contributed by atoms with E-state index in [9.17, 15) is 5.11 Å². The fraction of sp³-hybridized carbons (Fsp3) is 0.500. The Bertz CT molecular complexity index is 546. The second kappa shape index (κ2) is 5.12. The molecule has 0 saturated carbocycles. The van der Waals surface area contributed by atoms with Crippen molar-refractivity contribution >= 4 is 11.6 Å². The summed E-state index contributed by atoms with van der Waals surface area (Å²) in [5.41, 5.74) is 2.49. The van der Waals surface area contributed by atoms with Gasteiger partial charge in [-0.1, -0.05) is 18.5 Å². The smallest absolute Gasteiger partial charge is 0.101 e. The van der Waals surface area contributed by atoms with Gasteiger partial charge in [0.1, 0.15) is 6.10 Å². The average Bonchev–Trinajstić information content (AvgIpc) is 2.87. The van der Waals surface area contributed by atoms with Crippen LogP contribution in [-0.4, -0.2) is 24.4 Å². The minimum atomic E-state index is -0.630. The lowest BCUT2D eigenvalue weighted by Gasteiger charge is -2.11. The first kappa shape index (κ1) is 13.1. The molecule has 0 aromatic carbocycles. The largest absolute Gasteiger partial charge is 0.386 e. The Morgan fingerprint density at radius 3 is 2.67 bits per heavy atom. The highest BCUT2D eigenvalue weighted by molar-refractivity contribution is 6.31. The van der Waals surface area contributed by atoms with Crippen molar-refractivity contribution in [2.45, 2.75) is 25.9 Å². The summed E-state index contributed by atoms with van der Waals surface area (Å²) < 4.78 is 3.54. The summed E-state index contributed by atoms with van der Waals surface area (Å²) in [6.07, 6.45) is 3.92. The van der Waals surface area contributed by atoms with Crippen molar-refractivity contribution in [2.24, 2.45) is 14.1 Å². The van der Waals surface area contributed by atoms with Crippen LogP contribution in [0.25, 0.3) is 0 Å². The van der Waals surface area contributed by atoms with Crippen LogP contribution in [0.15, 0.2) is 12.5 Å². The zero-order valence-corrected chi connectivity index (χ0v) is 11.5. The van der Waals surface area contributed by atoms with Crippen LogP contribution in [0.1, 0.15) is 30.1 Å². The maximum atomic E-state index is 10.2. The second-order valence-corrected chi connectivity index (χ2v) is 4.71. The number of aryl methyl sites for hydroxylation is 3. The van der Waals surface area contributed by atoms with E-state index in [-0.39, 0.29) is 0 Å².